The summed E-state index contributed by atoms with van der Waals surface area (Å²) in [7, 11) is 0. The van der Waals surface area contributed by atoms with Crippen molar-refractivity contribution in [2.75, 3.05) is 13.1 Å². The van der Waals surface area contributed by atoms with Crippen molar-refractivity contribution < 1.29 is 14.0 Å². The van der Waals surface area contributed by atoms with Crippen molar-refractivity contribution in [3.05, 3.63) is 41.6 Å². The van der Waals surface area contributed by atoms with E-state index in [1.54, 1.807) is 12.3 Å². The lowest BCUT2D eigenvalue weighted by Crippen LogP contribution is -2.37. The third-order valence-electron chi connectivity index (χ3n) is 4.87. The van der Waals surface area contributed by atoms with E-state index in [1.165, 1.54) is 0 Å². The van der Waals surface area contributed by atoms with Crippen molar-refractivity contribution in [3.8, 4) is 0 Å². The minimum atomic E-state index is -0.226. The molecule has 1 fully saturated rings. The third kappa shape index (κ3) is 4.53. The first-order valence-electron chi connectivity index (χ1n) is 9.31. The number of carbonyl (C=O) groups is 2. The van der Waals surface area contributed by atoms with Crippen molar-refractivity contribution in [1.82, 2.24) is 20.4 Å². The van der Waals surface area contributed by atoms with Gasteiger partial charge < -0.3 is 14.6 Å². The van der Waals surface area contributed by atoms with Crippen LogP contribution in [0.2, 0.25) is 0 Å². The van der Waals surface area contributed by atoms with E-state index < -0.39 is 0 Å². The molecule has 140 valence electrons. The van der Waals surface area contributed by atoms with Crippen molar-refractivity contribution in [2.24, 2.45) is 0 Å². The number of H-pyrrole nitrogens is 1. The largest absolute Gasteiger partial charge is 0.467 e. The maximum Gasteiger partial charge on any atom is 0.272 e. The topological polar surface area (TPSA) is 91.2 Å². The van der Waals surface area contributed by atoms with Crippen LogP contribution in [0.3, 0.4) is 0 Å². The molecule has 1 aliphatic heterocycles. The molecule has 0 aromatic carbocycles. The number of carbonyl (C=O) groups excluding carboxylic acids is 2. The van der Waals surface area contributed by atoms with E-state index in [0.29, 0.717) is 30.3 Å². The van der Waals surface area contributed by atoms with Crippen LogP contribution < -0.4 is 5.32 Å². The van der Waals surface area contributed by atoms with Gasteiger partial charge in [-0.25, -0.2) is 0 Å². The average Bonchev–Trinajstić information content (AvgIpc) is 3.36. The Hall–Kier alpha value is -2.57. The Kier molecular flexibility index (Phi) is 6.09. The number of unbranched alkanes of at least 4 members (excludes halogenated alkanes) is 1. The molecule has 2 aromatic heterocycles. The molecule has 2 amide bonds. The maximum absolute atomic E-state index is 12.2. The zero-order valence-corrected chi connectivity index (χ0v) is 15.2. The number of likely N-dealkylation sites (tertiary alicyclic amines) is 1. The molecule has 2 aromatic rings. The highest BCUT2D eigenvalue weighted by Crippen LogP contribution is 2.27. The summed E-state index contributed by atoms with van der Waals surface area (Å²) in [6.45, 7) is 3.98. The molecule has 3 heterocycles. The summed E-state index contributed by atoms with van der Waals surface area (Å²) in [6, 6.07) is 5.41. The van der Waals surface area contributed by atoms with Gasteiger partial charge in [-0.2, -0.15) is 5.10 Å². The second kappa shape index (κ2) is 8.69. The molecule has 26 heavy (non-hydrogen) atoms. The summed E-state index contributed by atoms with van der Waals surface area (Å²) in [4.78, 5) is 26.3. The van der Waals surface area contributed by atoms with Gasteiger partial charge >= 0.3 is 0 Å². The summed E-state index contributed by atoms with van der Waals surface area (Å²) in [5.41, 5.74) is 1.35. The predicted octanol–water partition coefficient (Wildman–Crippen LogP) is 2.83. The number of aromatic amines is 1. The molecule has 0 spiro atoms. The first kappa shape index (κ1) is 18.2. The SMILES string of the molecule is CCCCC(=O)N1CCC(c2cc(C(=O)NCc3ccco3)n[nH]2)CC1. The standard InChI is InChI=1S/C19H26N4O3/c1-2-3-6-18(24)23-9-7-14(8-10-23)16-12-17(22-21-16)19(25)20-13-15-5-4-11-26-15/h4-5,11-12,14H,2-3,6-10,13H2,1H3,(H,20,25)(H,21,22). The minimum Gasteiger partial charge on any atom is -0.467 e. The molecular formula is C19H26N4O3. The van der Waals surface area contributed by atoms with Crippen LogP contribution in [0, 0.1) is 0 Å². The van der Waals surface area contributed by atoms with Crippen LogP contribution >= 0.6 is 0 Å². The highest BCUT2D eigenvalue weighted by Gasteiger charge is 2.25. The fraction of sp³-hybridized carbons (Fsp3) is 0.526. The fourth-order valence-electron chi connectivity index (χ4n) is 3.26. The van der Waals surface area contributed by atoms with E-state index in [2.05, 4.69) is 22.4 Å². The van der Waals surface area contributed by atoms with Gasteiger partial charge in [0, 0.05) is 31.1 Å². The smallest absolute Gasteiger partial charge is 0.272 e. The average molecular weight is 358 g/mol. The summed E-state index contributed by atoms with van der Waals surface area (Å²) in [5.74, 6) is 1.04. The molecule has 2 N–H and O–H groups in total. The number of nitrogens with zero attached hydrogens (tertiary/aromatic N) is 2. The number of hydrogen-bond donors (Lipinski definition) is 2. The van der Waals surface area contributed by atoms with Gasteiger partial charge in [-0.1, -0.05) is 13.3 Å². The highest BCUT2D eigenvalue weighted by atomic mass is 16.3. The van der Waals surface area contributed by atoms with Crippen LogP contribution in [-0.4, -0.2) is 40.0 Å². The molecule has 3 rings (SSSR count). The monoisotopic (exact) mass is 358 g/mol. The van der Waals surface area contributed by atoms with E-state index in [4.69, 9.17) is 4.42 Å². The summed E-state index contributed by atoms with van der Waals surface area (Å²) >= 11 is 0. The molecule has 0 aliphatic carbocycles. The number of aromatic nitrogens is 2. The Labute approximate surface area is 153 Å². The molecule has 0 saturated carbocycles. The molecule has 1 aliphatic rings. The van der Waals surface area contributed by atoms with Crippen LogP contribution in [0.25, 0.3) is 0 Å². The number of amides is 2. The first-order chi connectivity index (χ1) is 12.7. The van der Waals surface area contributed by atoms with Gasteiger partial charge in [0.05, 0.1) is 12.8 Å². The van der Waals surface area contributed by atoms with Crippen LogP contribution in [0.15, 0.2) is 28.9 Å². The summed E-state index contributed by atoms with van der Waals surface area (Å²) in [5, 5.41) is 9.92. The second-order valence-electron chi connectivity index (χ2n) is 6.73. The Morgan fingerprint density at radius 1 is 1.38 bits per heavy atom. The number of rotatable bonds is 7. The van der Waals surface area contributed by atoms with Gasteiger partial charge in [0.15, 0.2) is 0 Å². The Bertz CT molecular complexity index is 715. The third-order valence-corrected chi connectivity index (χ3v) is 4.87. The number of nitrogens with one attached hydrogen (secondary N) is 2. The van der Waals surface area contributed by atoms with Gasteiger partial charge in [-0.15, -0.1) is 0 Å². The van der Waals surface area contributed by atoms with Gasteiger partial charge in [-0.05, 0) is 37.5 Å². The van der Waals surface area contributed by atoms with Crippen molar-refractivity contribution in [3.63, 3.8) is 0 Å². The Balaban J connectivity index is 1.49. The molecule has 1 saturated heterocycles. The van der Waals surface area contributed by atoms with Crippen molar-refractivity contribution in [2.45, 2.75) is 51.5 Å². The lowest BCUT2D eigenvalue weighted by atomic mass is 9.93. The molecule has 0 bridgehead atoms. The first-order valence-corrected chi connectivity index (χ1v) is 9.31. The van der Waals surface area contributed by atoms with Crippen LogP contribution in [0.5, 0.6) is 0 Å². The van der Waals surface area contributed by atoms with Crippen LogP contribution in [0.4, 0.5) is 0 Å². The molecular weight excluding hydrogens is 332 g/mol. The Morgan fingerprint density at radius 3 is 2.88 bits per heavy atom. The van der Waals surface area contributed by atoms with Crippen molar-refractivity contribution in [1.29, 1.82) is 0 Å². The quantitative estimate of drug-likeness (QED) is 0.796. The van der Waals surface area contributed by atoms with Gasteiger partial charge in [0.25, 0.3) is 5.91 Å². The highest BCUT2D eigenvalue weighted by molar-refractivity contribution is 5.92. The predicted molar refractivity (Wildman–Crippen MR) is 96.5 cm³/mol. The molecule has 0 unspecified atom stereocenters. The lowest BCUT2D eigenvalue weighted by Gasteiger charge is -2.31. The van der Waals surface area contributed by atoms with Gasteiger partial charge in [0.2, 0.25) is 5.91 Å². The summed E-state index contributed by atoms with van der Waals surface area (Å²) in [6.07, 6.45) is 6.01. The fourth-order valence-corrected chi connectivity index (χ4v) is 3.26. The molecule has 7 nitrogen and oxygen atoms in total. The molecule has 7 heteroatoms. The minimum absolute atomic E-state index is 0.226. The normalized spacial score (nSPS) is 15.2. The van der Waals surface area contributed by atoms with Gasteiger partial charge in [0.1, 0.15) is 11.5 Å². The van der Waals surface area contributed by atoms with Crippen LogP contribution in [0.1, 0.15) is 66.9 Å². The zero-order chi connectivity index (χ0) is 18.4. The molecule has 0 radical (unpaired) electrons. The number of hydrogen-bond acceptors (Lipinski definition) is 4. The summed E-state index contributed by atoms with van der Waals surface area (Å²) < 4.78 is 5.20. The van der Waals surface area contributed by atoms with E-state index in [-0.39, 0.29) is 11.8 Å². The van der Waals surface area contributed by atoms with E-state index >= 15 is 0 Å². The van der Waals surface area contributed by atoms with Crippen LogP contribution in [-0.2, 0) is 11.3 Å². The van der Waals surface area contributed by atoms with E-state index in [1.807, 2.05) is 17.0 Å². The van der Waals surface area contributed by atoms with Gasteiger partial charge in [-0.3, -0.25) is 14.7 Å². The Morgan fingerprint density at radius 2 is 2.19 bits per heavy atom. The van der Waals surface area contributed by atoms with Crippen molar-refractivity contribution >= 4 is 11.8 Å². The lowest BCUT2D eigenvalue weighted by molar-refractivity contribution is -0.132. The van der Waals surface area contributed by atoms with E-state index in [0.717, 1.165) is 44.5 Å². The number of furan rings is 1. The molecule has 0 atom stereocenters. The maximum atomic E-state index is 12.2. The second-order valence-corrected chi connectivity index (χ2v) is 6.73. The number of piperidine rings is 1. The van der Waals surface area contributed by atoms with E-state index in [9.17, 15) is 9.59 Å². The zero-order valence-electron chi connectivity index (χ0n) is 15.2.